The zero-order valence-corrected chi connectivity index (χ0v) is 15.6. The van der Waals surface area contributed by atoms with E-state index in [1.807, 2.05) is 41.0 Å². The van der Waals surface area contributed by atoms with Crippen molar-refractivity contribution in [1.82, 2.24) is 20.1 Å². The summed E-state index contributed by atoms with van der Waals surface area (Å²) >= 11 is 1.32. The Balaban J connectivity index is 1.38. The average Bonchev–Trinajstić information content (AvgIpc) is 3.36. The number of para-hydroxylation sites is 2. The van der Waals surface area contributed by atoms with Gasteiger partial charge in [-0.05, 0) is 24.3 Å². The highest BCUT2D eigenvalue weighted by molar-refractivity contribution is 7.99. The van der Waals surface area contributed by atoms with Crippen molar-refractivity contribution in [2.24, 2.45) is 0 Å². The first-order valence-corrected chi connectivity index (χ1v) is 9.30. The Labute approximate surface area is 160 Å². The van der Waals surface area contributed by atoms with Crippen molar-refractivity contribution in [2.45, 2.75) is 11.7 Å². The number of nitrogens with one attached hydrogen (secondary N) is 1. The Hall–Kier alpha value is -2.94. The van der Waals surface area contributed by atoms with Gasteiger partial charge in [0.05, 0.1) is 32.2 Å². The van der Waals surface area contributed by atoms with Crippen LogP contribution in [0.3, 0.4) is 0 Å². The Bertz CT molecular complexity index is 851. The van der Waals surface area contributed by atoms with Crippen LogP contribution in [0.2, 0.25) is 0 Å². The summed E-state index contributed by atoms with van der Waals surface area (Å²) in [5, 5.41) is 11.4. The molecule has 3 aromatic rings. The van der Waals surface area contributed by atoms with E-state index in [1.165, 1.54) is 11.8 Å². The number of hydrogen-bond donors (Lipinski definition) is 1. The molecule has 0 unspecified atom stereocenters. The van der Waals surface area contributed by atoms with Gasteiger partial charge in [0.1, 0.15) is 18.7 Å². The molecule has 0 aliphatic rings. The van der Waals surface area contributed by atoms with Gasteiger partial charge in [0, 0.05) is 0 Å². The number of methoxy groups -OCH3 is 1. The third-order valence-electron chi connectivity index (χ3n) is 3.57. The molecule has 8 nitrogen and oxygen atoms in total. The molecule has 0 aliphatic heterocycles. The predicted molar refractivity (Wildman–Crippen MR) is 100 cm³/mol. The van der Waals surface area contributed by atoms with E-state index in [4.69, 9.17) is 13.9 Å². The maximum absolute atomic E-state index is 12.0. The number of hydrogen-bond acceptors (Lipinski definition) is 7. The molecule has 0 aliphatic carbocycles. The molecular formula is C18H20N4O4S. The molecule has 1 amide bonds. The molecule has 142 valence electrons. The van der Waals surface area contributed by atoms with Gasteiger partial charge in [-0.15, -0.1) is 10.2 Å². The maximum atomic E-state index is 12.0. The van der Waals surface area contributed by atoms with E-state index in [0.29, 0.717) is 36.4 Å². The van der Waals surface area contributed by atoms with Crippen molar-refractivity contribution in [3.8, 4) is 11.5 Å². The second-order valence-corrected chi connectivity index (χ2v) is 6.40. The summed E-state index contributed by atoms with van der Waals surface area (Å²) < 4.78 is 18.0. The minimum atomic E-state index is -0.101. The van der Waals surface area contributed by atoms with Crippen molar-refractivity contribution in [1.29, 1.82) is 0 Å². The van der Waals surface area contributed by atoms with Gasteiger partial charge in [-0.3, -0.25) is 4.79 Å². The summed E-state index contributed by atoms with van der Waals surface area (Å²) in [5.41, 5.74) is 0. The highest BCUT2D eigenvalue weighted by Gasteiger charge is 2.10. The highest BCUT2D eigenvalue weighted by atomic mass is 32.2. The van der Waals surface area contributed by atoms with E-state index in [-0.39, 0.29) is 11.7 Å². The molecule has 0 fully saturated rings. The van der Waals surface area contributed by atoms with E-state index >= 15 is 0 Å². The van der Waals surface area contributed by atoms with Crippen molar-refractivity contribution < 1.29 is 18.7 Å². The Morgan fingerprint density at radius 3 is 2.89 bits per heavy atom. The van der Waals surface area contributed by atoms with Crippen LogP contribution in [0.15, 0.2) is 58.6 Å². The van der Waals surface area contributed by atoms with Gasteiger partial charge < -0.3 is 23.8 Å². The van der Waals surface area contributed by atoms with Gasteiger partial charge >= 0.3 is 0 Å². The number of aromatic nitrogens is 3. The SMILES string of the molecule is COc1ccccc1OCCNC(=O)CSc1nncn1Cc1ccco1. The molecular weight excluding hydrogens is 368 g/mol. The van der Waals surface area contributed by atoms with Crippen LogP contribution in [0.1, 0.15) is 5.76 Å². The van der Waals surface area contributed by atoms with Crippen LogP contribution in [0.5, 0.6) is 11.5 Å². The zero-order chi connectivity index (χ0) is 18.9. The van der Waals surface area contributed by atoms with E-state index in [0.717, 1.165) is 5.76 Å². The molecule has 0 atom stereocenters. The Morgan fingerprint density at radius 2 is 2.11 bits per heavy atom. The lowest BCUT2D eigenvalue weighted by molar-refractivity contribution is -0.118. The van der Waals surface area contributed by atoms with Gasteiger partial charge in [-0.2, -0.15) is 0 Å². The molecule has 2 aromatic heterocycles. The largest absolute Gasteiger partial charge is 0.493 e. The van der Waals surface area contributed by atoms with Crippen LogP contribution in [0.25, 0.3) is 0 Å². The van der Waals surface area contributed by atoms with Crippen molar-refractivity contribution >= 4 is 17.7 Å². The lowest BCUT2D eigenvalue weighted by Crippen LogP contribution is -2.29. The lowest BCUT2D eigenvalue weighted by atomic mass is 10.3. The summed E-state index contributed by atoms with van der Waals surface area (Å²) in [6.45, 7) is 1.28. The lowest BCUT2D eigenvalue weighted by Gasteiger charge is -2.10. The molecule has 3 rings (SSSR count). The number of nitrogens with zero attached hydrogens (tertiary/aromatic N) is 3. The molecule has 2 heterocycles. The first kappa shape index (κ1) is 18.8. The van der Waals surface area contributed by atoms with Crippen molar-refractivity contribution in [2.75, 3.05) is 26.0 Å². The number of ether oxygens (including phenoxy) is 2. The summed E-state index contributed by atoms with van der Waals surface area (Å²) in [6.07, 6.45) is 3.23. The molecule has 0 saturated carbocycles. The van der Waals surface area contributed by atoms with Crippen LogP contribution in [0, 0.1) is 0 Å². The van der Waals surface area contributed by atoms with Crippen LogP contribution in [0.4, 0.5) is 0 Å². The van der Waals surface area contributed by atoms with E-state index < -0.39 is 0 Å². The number of carbonyl (C=O) groups excluding carboxylic acids is 1. The van der Waals surface area contributed by atoms with Crippen molar-refractivity contribution in [3.05, 3.63) is 54.7 Å². The van der Waals surface area contributed by atoms with Crippen LogP contribution >= 0.6 is 11.8 Å². The Morgan fingerprint density at radius 1 is 1.26 bits per heavy atom. The fraction of sp³-hybridized carbons (Fsp3) is 0.278. The molecule has 0 spiro atoms. The quantitative estimate of drug-likeness (QED) is 0.421. The number of benzene rings is 1. The molecule has 27 heavy (non-hydrogen) atoms. The Kier molecular flexibility index (Phi) is 6.75. The van der Waals surface area contributed by atoms with Crippen LogP contribution in [-0.2, 0) is 11.3 Å². The zero-order valence-electron chi connectivity index (χ0n) is 14.8. The van der Waals surface area contributed by atoms with Gasteiger partial charge in [-0.1, -0.05) is 23.9 Å². The number of carbonyl (C=O) groups is 1. The van der Waals surface area contributed by atoms with Gasteiger partial charge in [0.15, 0.2) is 16.7 Å². The number of amides is 1. The third kappa shape index (κ3) is 5.52. The fourth-order valence-electron chi connectivity index (χ4n) is 2.31. The van der Waals surface area contributed by atoms with Crippen LogP contribution < -0.4 is 14.8 Å². The molecule has 0 radical (unpaired) electrons. The van der Waals surface area contributed by atoms with Crippen molar-refractivity contribution in [3.63, 3.8) is 0 Å². The van der Waals surface area contributed by atoms with Gasteiger partial charge in [-0.25, -0.2) is 0 Å². The summed E-state index contributed by atoms with van der Waals surface area (Å²) in [7, 11) is 1.59. The van der Waals surface area contributed by atoms with Gasteiger partial charge in [0.25, 0.3) is 0 Å². The first-order chi connectivity index (χ1) is 13.3. The minimum Gasteiger partial charge on any atom is -0.493 e. The second kappa shape index (κ2) is 9.67. The molecule has 0 saturated heterocycles. The topological polar surface area (TPSA) is 91.4 Å². The monoisotopic (exact) mass is 388 g/mol. The average molecular weight is 388 g/mol. The molecule has 1 N–H and O–H groups in total. The van der Waals surface area contributed by atoms with Gasteiger partial charge in [0.2, 0.25) is 5.91 Å². The highest BCUT2D eigenvalue weighted by Crippen LogP contribution is 2.25. The second-order valence-electron chi connectivity index (χ2n) is 5.46. The summed E-state index contributed by atoms with van der Waals surface area (Å²) in [6, 6.07) is 11.1. The number of thioether (sulfide) groups is 1. The van der Waals surface area contributed by atoms with Crippen LogP contribution in [-0.4, -0.2) is 46.7 Å². The first-order valence-electron chi connectivity index (χ1n) is 8.32. The summed E-state index contributed by atoms with van der Waals surface area (Å²) in [4.78, 5) is 12.0. The summed E-state index contributed by atoms with van der Waals surface area (Å²) in [5.74, 6) is 2.25. The standard InChI is InChI=1S/C18H20N4O4S/c1-24-15-6-2-3-7-16(15)26-10-8-19-17(23)12-27-18-21-20-13-22(18)11-14-5-4-9-25-14/h2-7,9,13H,8,10-12H2,1H3,(H,19,23). The number of rotatable bonds is 10. The maximum Gasteiger partial charge on any atom is 0.230 e. The minimum absolute atomic E-state index is 0.101. The number of furan rings is 1. The molecule has 1 aromatic carbocycles. The smallest absolute Gasteiger partial charge is 0.230 e. The fourth-order valence-corrected chi connectivity index (χ4v) is 3.05. The third-order valence-corrected chi connectivity index (χ3v) is 4.55. The molecule has 9 heteroatoms. The van der Waals surface area contributed by atoms with E-state index in [1.54, 1.807) is 19.7 Å². The van der Waals surface area contributed by atoms with E-state index in [2.05, 4.69) is 15.5 Å². The predicted octanol–water partition coefficient (Wildman–Crippen LogP) is 2.22. The normalized spacial score (nSPS) is 10.6. The molecule has 0 bridgehead atoms. The van der Waals surface area contributed by atoms with E-state index in [9.17, 15) is 4.79 Å².